The molecule has 1 spiro atoms. The Morgan fingerprint density at radius 2 is 1.75 bits per heavy atom. The van der Waals surface area contributed by atoms with Crippen molar-refractivity contribution in [1.82, 2.24) is 29.9 Å². The summed E-state index contributed by atoms with van der Waals surface area (Å²) in [6, 6.07) is 5.88. The second-order valence-electron chi connectivity index (χ2n) is 12.0. The molecule has 204 valence electrons. The van der Waals surface area contributed by atoms with E-state index in [-0.39, 0.29) is 28.6 Å². The van der Waals surface area contributed by atoms with Crippen molar-refractivity contribution in [2.75, 3.05) is 13.2 Å². The highest BCUT2D eigenvalue weighted by atomic mass is 19.1. The van der Waals surface area contributed by atoms with Crippen LogP contribution in [0.15, 0.2) is 49.1 Å². The van der Waals surface area contributed by atoms with Crippen molar-refractivity contribution in [3.8, 4) is 22.5 Å². The Morgan fingerprint density at radius 1 is 0.975 bits per heavy atom. The Balaban J connectivity index is 1.16. The molecule has 0 N–H and O–H groups in total. The maximum absolute atomic E-state index is 14.6. The zero-order chi connectivity index (χ0) is 27.3. The molecule has 40 heavy (non-hydrogen) atoms. The lowest BCUT2D eigenvalue weighted by Gasteiger charge is -2.42. The van der Waals surface area contributed by atoms with Gasteiger partial charge in [0.15, 0.2) is 5.79 Å². The van der Waals surface area contributed by atoms with Gasteiger partial charge >= 0.3 is 0 Å². The van der Waals surface area contributed by atoms with E-state index < -0.39 is 22.8 Å². The van der Waals surface area contributed by atoms with E-state index in [2.05, 4.69) is 34.1 Å². The van der Waals surface area contributed by atoms with E-state index in [1.165, 1.54) is 18.2 Å². The summed E-state index contributed by atoms with van der Waals surface area (Å²) in [6.45, 7) is 5.74. The minimum Gasteiger partial charge on any atom is -0.347 e. The molecule has 1 saturated heterocycles. The number of benzene rings is 1. The summed E-state index contributed by atoms with van der Waals surface area (Å²) in [4.78, 5) is 9.74. The van der Waals surface area contributed by atoms with Crippen molar-refractivity contribution in [3.63, 3.8) is 0 Å². The van der Waals surface area contributed by atoms with Gasteiger partial charge in [0.1, 0.15) is 11.6 Å². The molecule has 2 saturated carbocycles. The predicted octanol–water partition coefficient (Wildman–Crippen LogP) is 5.36. The molecular formula is C30H28F2N6O2. The predicted molar refractivity (Wildman–Crippen MR) is 140 cm³/mol. The maximum atomic E-state index is 14.6. The van der Waals surface area contributed by atoms with Gasteiger partial charge in [-0.15, -0.1) is 5.10 Å². The summed E-state index contributed by atoms with van der Waals surface area (Å²) < 4.78 is 42.7. The smallest absolute Gasteiger partial charge is 0.172 e. The standard InChI is InChI=1S/C30H28F2N6O2/c1-28(2)20-6-7-30(28,27-19(20)10-23(36-37-27)26-21(31)4-3-5-22(26)32)25-15-33-14-24(35-25)17-13-34-38(16-17)18-11-29(12-18)39-8-9-40-29/h3-5,10,13-16,18,20H,6-9,11-12H2,1-2H3/t20-,30-/m0/s1. The molecule has 0 amide bonds. The average Bonchev–Trinajstić information content (AvgIpc) is 3.69. The molecule has 2 atom stereocenters. The Morgan fingerprint density at radius 3 is 2.52 bits per heavy atom. The van der Waals surface area contributed by atoms with Crippen LogP contribution >= 0.6 is 0 Å². The summed E-state index contributed by atoms with van der Waals surface area (Å²) >= 11 is 0. The molecule has 0 radical (unpaired) electrons. The molecule has 4 heterocycles. The van der Waals surface area contributed by atoms with Gasteiger partial charge in [-0.05, 0) is 47.9 Å². The number of hydrogen-bond donors (Lipinski definition) is 0. The van der Waals surface area contributed by atoms with Crippen LogP contribution < -0.4 is 0 Å². The van der Waals surface area contributed by atoms with E-state index in [0.717, 1.165) is 53.9 Å². The second kappa shape index (κ2) is 8.20. The molecule has 1 aromatic carbocycles. The summed E-state index contributed by atoms with van der Waals surface area (Å²) in [5, 5.41) is 13.6. The molecule has 3 aliphatic carbocycles. The molecule has 8 nitrogen and oxygen atoms in total. The highest BCUT2D eigenvalue weighted by Crippen LogP contribution is 2.69. The summed E-state index contributed by atoms with van der Waals surface area (Å²) in [5.41, 5.74) is 3.60. The van der Waals surface area contributed by atoms with Crippen LogP contribution in [0.4, 0.5) is 8.78 Å². The van der Waals surface area contributed by atoms with Gasteiger partial charge in [-0.25, -0.2) is 13.8 Å². The van der Waals surface area contributed by atoms with Crippen molar-refractivity contribution in [2.45, 2.75) is 62.7 Å². The van der Waals surface area contributed by atoms with Crippen LogP contribution in [-0.4, -0.2) is 48.9 Å². The number of rotatable bonds is 4. The first-order valence-electron chi connectivity index (χ1n) is 13.8. The normalized spacial score (nSPS) is 27.2. The van der Waals surface area contributed by atoms with Gasteiger partial charge < -0.3 is 9.47 Å². The van der Waals surface area contributed by atoms with Crippen LogP contribution in [0, 0.1) is 17.0 Å². The maximum Gasteiger partial charge on any atom is 0.172 e. The van der Waals surface area contributed by atoms with Crippen LogP contribution in [0.2, 0.25) is 0 Å². The van der Waals surface area contributed by atoms with E-state index in [0.29, 0.717) is 13.2 Å². The Hall–Kier alpha value is -3.63. The van der Waals surface area contributed by atoms with Gasteiger partial charge in [0.25, 0.3) is 0 Å². The number of halogens is 2. The largest absolute Gasteiger partial charge is 0.347 e. The second-order valence-corrected chi connectivity index (χ2v) is 12.0. The van der Waals surface area contributed by atoms with Crippen LogP contribution in [0.1, 0.15) is 68.4 Å². The van der Waals surface area contributed by atoms with Crippen LogP contribution in [0.3, 0.4) is 0 Å². The number of nitrogens with zero attached hydrogens (tertiary/aromatic N) is 6. The number of aromatic nitrogens is 6. The highest BCUT2D eigenvalue weighted by molar-refractivity contribution is 5.64. The monoisotopic (exact) mass is 542 g/mol. The average molecular weight is 543 g/mol. The summed E-state index contributed by atoms with van der Waals surface area (Å²) in [5.74, 6) is -1.57. The third-order valence-corrected chi connectivity index (χ3v) is 9.85. The third kappa shape index (κ3) is 3.14. The molecule has 3 fully saturated rings. The van der Waals surface area contributed by atoms with Gasteiger partial charge in [0.2, 0.25) is 0 Å². The zero-order valence-corrected chi connectivity index (χ0v) is 22.3. The number of ether oxygens (including phenoxy) is 2. The Bertz CT molecular complexity index is 1640. The Labute approximate surface area is 229 Å². The van der Waals surface area contributed by atoms with E-state index in [1.54, 1.807) is 6.20 Å². The summed E-state index contributed by atoms with van der Waals surface area (Å²) in [6.07, 6.45) is 10.8. The topological polar surface area (TPSA) is 87.8 Å². The molecule has 10 heteroatoms. The molecular weight excluding hydrogens is 514 g/mol. The fourth-order valence-electron chi connectivity index (χ4n) is 7.72. The zero-order valence-electron chi connectivity index (χ0n) is 22.3. The number of fused-ring (bicyclic) bond motifs is 5. The minimum atomic E-state index is -0.647. The Kier molecular flexibility index (Phi) is 4.96. The lowest BCUT2D eigenvalue weighted by Crippen LogP contribution is -2.45. The molecule has 8 rings (SSSR count). The molecule has 3 aromatic heterocycles. The first kappa shape index (κ1) is 24.2. The molecule has 1 aliphatic heterocycles. The van der Waals surface area contributed by atoms with Gasteiger partial charge in [-0.3, -0.25) is 9.67 Å². The molecule has 4 aromatic rings. The van der Waals surface area contributed by atoms with Gasteiger partial charge in [-0.1, -0.05) is 19.9 Å². The lowest BCUT2D eigenvalue weighted by molar-refractivity contribution is -0.227. The van der Waals surface area contributed by atoms with E-state index >= 15 is 0 Å². The van der Waals surface area contributed by atoms with E-state index in [4.69, 9.17) is 14.5 Å². The van der Waals surface area contributed by atoms with Crippen LogP contribution in [0.5, 0.6) is 0 Å². The summed E-state index contributed by atoms with van der Waals surface area (Å²) in [7, 11) is 0. The fraction of sp³-hybridized carbons (Fsp3) is 0.433. The van der Waals surface area contributed by atoms with Crippen molar-refractivity contribution >= 4 is 0 Å². The quantitative estimate of drug-likeness (QED) is 0.343. The van der Waals surface area contributed by atoms with Crippen molar-refractivity contribution in [3.05, 3.63) is 77.6 Å². The number of hydrogen-bond acceptors (Lipinski definition) is 7. The molecule has 2 bridgehead atoms. The van der Waals surface area contributed by atoms with Gasteiger partial charge in [0.05, 0.1) is 65.4 Å². The minimum absolute atomic E-state index is 0.144. The van der Waals surface area contributed by atoms with Crippen LogP contribution in [-0.2, 0) is 14.9 Å². The third-order valence-electron chi connectivity index (χ3n) is 9.85. The van der Waals surface area contributed by atoms with E-state index in [1.807, 2.05) is 29.3 Å². The highest BCUT2D eigenvalue weighted by Gasteiger charge is 2.65. The van der Waals surface area contributed by atoms with Crippen molar-refractivity contribution in [1.29, 1.82) is 0 Å². The molecule has 0 unspecified atom stereocenters. The first-order valence-corrected chi connectivity index (χ1v) is 13.8. The fourth-order valence-corrected chi connectivity index (χ4v) is 7.72. The molecule has 4 aliphatic rings. The van der Waals surface area contributed by atoms with Crippen LogP contribution in [0.25, 0.3) is 22.5 Å². The van der Waals surface area contributed by atoms with Gasteiger partial charge in [-0.2, -0.15) is 10.2 Å². The van der Waals surface area contributed by atoms with E-state index in [9.17, 15) is 8.78 Å². The van der Waals surface area contributed by atoms with Crippen molar-refractivity contribution in [2.24, 2.45) is 5.41 Å². The lowest BCUT2D eigenvalue weighted by atomic mass is 9.66. The SMILES string of the molecule is CC1(C)[C@H]2CC[C@]1(c1cncc(-c3cnn(C4CC5(C4)OCCO5)c3)n1)c1nnc(-c3c(F)cccc3F)cc12. The van der Waals surface area contributed by atoms with Gasteiger partial charge in [0, 0.05) is 30.8 Å². The first-order chi connectivity index (χ1) is 19.3. The van der Waals surface area contributed by atoms with Crippen molar-refractivity contribution < 1.29 is 18.3 Å².